The van der Waals surface area contributed by atoms with Crippen molar-refractivity contribution in [2.75, 3.05) is 5.32 Å². The number of primary amides is 1. The second kappa shape index (κ2) is 4.43. The van der Waals surface area contributed by atoms with Crippen molar-refractivity contribution in [2.24, 2.45) is 11.5 Å². The molecule has 1 rings (SSSR count). The zero-order valence-corrected chi connectivity index (χ0v) is 7.81. The van der Waals surface area contributed by atoms with Gasteiger partial charge in [-0.15, -0.1) is 0 Å². The SMILES string of the molecule is NC(=O)C(N)Nc1ccccc1C(=O)O. The first-order valence-electron chi connectivity index (χ1n) is 4.16. The Bertz CT molecular complexity index is 392. The topological polar surface area (TPSA) is 118 Å². The molecule has 0 radical (unpaired) electrons. The van der Waals surface area contributed by atoms with Crippen LogP contribution in [0.4, 0.5) is 5.69 Å². The van der Waals surface area contributed by atoms with Crippen LogP contribution in [0.2, 0.25) is 0 Å². The molecule has 6 N–H and O–H groups in total. The molecular weight excluding hydrogens is 198 g/mol. The van der Waals surface area contributed by atoms with Crippen molar-refractivity contribution in [3.8, 4) is 0 Å². The van der Waals surface area contributed by atoms with E-state index in [9.17, 15) is 9.59 Å². The van der Waals surface area contributed by atoms with Gasteiger partial charge in [0.2, 0.25) is 0 Å². The van der Waals surface area contributed by atoms with Crippen LogP contribution in [-0.2, 0) is 4.79 Å². The van der Waals surface area contributed by atoms with Crippen LogP contribution < -0.4 is 16.8 Å². The number of carbonyl (C=O) groups is 2. The van der Waals surface area contributed by atoms with Crippen molar-refractivity contribution >= 4 is 17.6 Å². The summed E-state index contributed by atoms with van der Waals surface area (Å²) in [5.74, 6) is -1.86. The average molecular weight is 209 g/mol. The molecule has 0 heterocycles. The van der Waals surface area contributed by atoms with Crippen LogP contribution in [0.1, 0.15) is 10.4 Å². The summed E-state index contributed by atoms with van der Waals surface area (Å²) in [5.41, 5.74) is 10.6. The van der Waals surface area contributed by atoms with Gasteiger partial charge in [-0.2, -0.15) is 0 Å². The third-order valence-corrected chi connectivity index (χ3v) is 1.78. The molecular formula is C9H11N3O3. The number of aromatic carboxylic acids is 1. The van der Waals surface area contributed by atoms with Gasteiger partial charge in [-0.05, 0) is 12.1 Å². The second-order valence-corrected chi connectivity index (χ2v) is 2.88. The fourth-order valence-corrected chi connectivity index (χ4v) is 1.03. The summed E-state index contributed by atoms with van der Waals surface area (Å²) in [6.45, 7) is 0. The number of hydrogen-bond donors (Lipinski definition) is 4. The normalized spacial score (nSPS) is 11.8. The van der Waals surface area contributed by atoms with Gasteiger partial charge in [-0.25, -0.2) is 4.79 Å². The standard InChI is InChI=1S/C9H11N3O3/c10-7(8(11)13)12-6-4-2-1-3-5(6)9(14)15/h1-4,7,12H,10H2,(H2,11,13)(H,14,15). The molecule has 80 valence electrons. The maximum absolute atomic E-state index is 10.8. The lowest BCUT2D eigenvalue weighted by Crippen LogP contribution is -2.43. The van der Waals surface area contributed by atoms with Gasteiger partial charge in [0.25, 0.3) is 5.91 Å². The summed E-state index contributed by atoms with van der Waals surface area (Å²) in [7, 11) is 0. The lowest BCUT2D eigenvalue weighted by atomic mass is 10.2. The van der Waals surface area contributed by atoms with E-state index in [1.54, 1.807) is 12.1 Å². The molecule has 6 nitrogen and oxygen atoms in total. The van der Waals surface area contributed by atoms with E-state index in [1.165, 1.54) is 12.1 Å². The van der Waals surface area contributed by atoms with Crippen molar-refractivity contribution < 1.29 is 14.7 Å². The smallest absolute Gasteiger partial charge is 0.337 e. The highest BCUT2D eigenvalue weighted by molar-refractivity contribution is 5.95. The summed E-state index contributed by atoms with van der Waals surface area (Å²) < 4.78 is 0. The molecule has 6 heteroatoms. The Morgan fingerprint density at radius 3 is 2.47 bits per heavy atom. The highest BCUT2D eigenvalue weighted by Crippen LogP contribution is 2.14. The van der Waals surface area contributed by atoms with Gasteiger partial charge >= 0.3 is 5.97 Å². The Hall–Kier alpha value is -2.08. The van der Waals surface area contributed by atoms with Crippen molar-refractivity contribution in [1.29, 1.82) is 0 Å². The van der Waals surface area contributed by atoms with E-state index in [-0.39, 0.29) is 11.3 Å². The van der Waals surface area contributed by atoms with Gasteiger partial charge in [-0.3, -0.25) is 4.79 Å². The number of anilines is 1. The number of carboxylic acid groups (broad SMARTS) is 1. The lowest BCUT2D eigenvalue weighted by molar-refractivity contribution is -0.118. The second-order valence-electron chi connectivity index (χ2n) is 2.88. The molecule has 1 amide bonds. The van der Waals surface area contributed by atoms with Crippen LogP contribution in [0.25, 0.3) is 0 Å². The third-order valence-electron chi connectivity index (χ3n) is 1.78. The van der Waals surface area contributed by atoms with Gasteiger partial charge < -0.3 is 21.9 Å². The largest absolute Gasteiger partial charge is 0.478 e. The molecule has 1 aromatic carbocycles. The van der Waals surface area contributed by atoms with Crippen LogP contribution >= 0.6 is 0 Å². The third kappa shape index (κ3) is 2.68. The number of carbonyl (C=O) groups excluding carboxylic acids is 1. The average Bonchev–Trinajstić information content (AvgIpc) is 2.18. The molecule has 0 saturated carbocycles. The quantitative estimate of drug-likeness (QED) is 0.501. The van der Waals surface area contributed by atoms with E-state index in [0.717, 1.165) is 0 Å². The number of benzene rings is 1. The zero-order chi connectivity index (χ0) is 11.4. The first-order valence-corrected chi connectivity index (χ1v) is 4.16. The minimum Gasteiger partial charge on any atom is -0.478 e. The van der Waals surface area contributed by atoms with Crippen molar-refractivity contribution in [2.45, 2.75) is 6.17 Å². The van der Waals surface area contributed by atoms with E-state index < -0.39 is 18.0 Å². The zero-order valence-electron chi connectivity index (χ0n) is 7.81. The monoisotopic (exact) mass is 209 g/mol. The summed E-state index contributed by atoms with van der Waals surface area (Å²) >= 11 is 0. The van der Waals surface area contributed by atoms with Gasteiger partial charge in [0, 0.05) is 0 Å². The van der Waals surface area contributed by atoms with E-state index in [4.69, 9.17) is 16.6 Å². The number of hydrogen-bond acceptors (Lipinski definition) is 4. The Morgan fingerprint density at radius 2 is 1.93 bits per heavy atom. The minimum absolute atomic E-state index is 0.0363. The number of para-hydroxylation sites is 1. The molecule has 0 aliphatic heterocycles. The van der Waals surface area contributed by atoms with Crippen LogP contribution in [0.5, 0.6) is 0 Å². The first-order chi connectivity index (χ1) is 7.02. The minimum atomic E-state index is -1.11. The van der Waals surface area contributed by atoms with Crippen molar-refractivity contribution in [3.63, 3.8) is 0 Å². The van der Waals surface area contributed by atoms with E-state index in [1.807, 2.05) is 0 Å². The predicted octanol–water partition coefficient (Wildman–Crippen LogP) is -0.433. The molecule has 0 spiro atoms. The Morgan fingerprint density at radius 1 is 1.33 bits per heavy atom. The van der Waals surface area contributed by atoms with Gasteiger partial charge in [0.15, 0.2) is 6.17 Å². The van der Waals surface area contributed by atoms with Crippen LogP contribution in [-0.4, -0.2) is 23.1 Å². The number of nitrogens with two attached hydrogens (primary N) is 2. The van der Waals surface area contributed by atoms with Crippen LogP contribution in [0, 0.1) is 0 Å². The molecule has 0 fully saturated rings. The molecule has 0 aliphatic carbocycles. The summed E-state index contributed by atoms with van der Waals surface area (Å²) in [6, 6.07) is 6.11. The van der Waals surface area contributed by atoms with E-state index in [0.29, 0.717) is 0 Å². The molecule has 1 unspecified atom stereocenters. The van der Waals surface area contributed by atoms with Gasteiger partial charge in [0.05, 0.1) is 11.3 Å². The number of nitrogens with one attached hydrogen (secondary N) is 1. The Kier molecular flexibility index (Phi) is 3.25. The Balaban J connectivity index is 2.94. The molecule has 15 heavy (non-hydrogen) atoms. The van der Waals surface area contributed by atoms with Crippen LogP contribution in [0.3, 0.4) is 0 Å². The van der Waals surface area contributed by atoms with Crippen LogP contribution in [0.15, 0.2) is 24.3 Å². The molecule has 0 bridgehead atoms. The highest BCUT2D eigenvalue weighted by Gasteiger charge is 2.13. The predicted molar refractivity (Wildman–Crippen MR) is 54.2 cm³/mol. The fraction of sp³-hybridized carbons (Fsp3) is 0.111. The number of amides is 1. The molecule has 1 aromatic rings. The van der Waals surface area contributed by atoms with E-state index in [2.05, 4.69) is 5.32 Å². The maximum Gasteiger partial charge on any atom is 0.337 e. The fourth-order valence-electron chi connectivity index (χ4n) is 1.03. The Labute approximate surface area is 85.9 Å². The maximum atomic E-state index is 10.8. The summed E-state index contributed by atoms with van der Waals surface area (Å²) in [6.07, 6.45) is -1.11. The first kappa shape index (κ1) is 11.0. The van der Waals surface area contributed by atoms with Gasteiger partial charge in [-0.1, -0.05) is 12.1 Å². The molecule has 0 saturated heterocycles. The number of rotatable bonds is 4. The summed E-state index contributed by atoms with van der Waals surface area (Å²) in [4.78, 5) is 21.4. The molecule has 0 aliphatic rings. The van der Waals surface area contributed by atoms with Crippen molar-refractivity contribution in [1.82, 2.24) is 0 Å². The van der Waals surface area contributed by atoms with Gasteiger partial charge in [0.1, 0.15) is 0 Å². The molecule has 0 aromatic heterocycles. The number of carboxylic acids is 1. The highest BCUT2D eigenvalue weighted by atomic mass is 16.4. The molecule has 1 atom stereocenters. The van der Waals surface area contributed by atoms with Crippen molar-refractivity contribution in [3.05, 3.63) is 29.8 Å². The van der Waals surface area contributed by atoms with E-state index >= 15 is 0 Å². The summed E-state index contributed by atoms with van der Waals surface area (Å²) in [5, 5.41) is 11.3. The lowest BCUT2D eigenvalue weighted by Gasteiger charge is -2.13.